The highest BCUT2D eigenvalue weighted by Gasteiger charge is 2.25. The average molecular weight is 249 g/mol. The van der Waals surface area contributed by atoms with E-state index in [4.69, 9.17) is 12.2 Å². The van der Waals surface area contributed by atoms with Gasteiger partial charge in [0.25, 0.3) is 0 Å². The number of nitrogens with zero attached hydrogens (tertiary/aromatic N) is 3. The molecular formula is C11H11N3S2. The quantitative estimate of drug-likeness (QED) is 0.722. The lowest BCUT2D eigenvalue weighted by molar-refractivity contribution is 0.571. The molecule has 5 heteroatoms. The monoisotopic (exact) mass is 249 g/mol. The molecule has 3 rings (SSSR count). The molecular weight excluding hydrogens is 238 g/mol. The summed E-state index contributed by atoms with van der Waals surface area (Å²) in [7, 11) is 2.02. The molecule has 1 aromatic heterocycles. The van der Waals surface area contributed by atoms with E-state index in [1.807, 2.05) is 25.2 Å². The van der Waals surface area contributed by atoms with Crippen LogP contribution in [0.15, 0.2) is 24.3 Å². The third-order valence-corrected chi connectivity index (χ3v) is 4.32. The lowest BCUT2D eigenvalue weighted by Crippen LogP contribution is -2.28. The summed E-state index contributed by atoms with van der Waals surface area (Å²) in [5.74, 6) is 0. The summed E-state index contributed by atoms with van der Waals surface area (Å²) in [4.78, 5) is 8.81. The number of aromatic nitrogens is 1. The van der Waals surface area contributed by atoms with Crippen LogP contribution in [0.25, 0.3) is 10.2 Å². The van der Waals surface area contributed by atoms with Crippen LogP contribution >= 0.6 is 23.6 Å². The van der Waals surface area contributed by atoms with Gasteiger partial charge in [-0.1, -0.05) is 23.5 Å². The Morgan fingerprint density at radius 3 is 2.81 bits per heavy atom. The molecule has 3 nitrogen and oxygen atoms in total. The van der Waals surface area contributed by atoms with Crippen molar-refractivity contribution in [2.45, 2.75) is 0 Å². The molecule has 0 bridgehead atoms. The van der Waals surface area contributed by atoms with E-state index in [0.717, 1.165) is 28.9 Å². The topological polar surface area (TPSA) is 19.4 Å². The van der Waals surface area contributed by atoms with Crippen molar-refractivity contribution in [3.8, 4) is 0 Å². The number of anilines is 1. The zero-order valence-electron chi connectivity index (χ0n) is 8.88. The number of hydrogen-bond acceptors (Lipinski definition) is 3. The van der Waals surface area contributed by atoms with Crippen LogP contribution in [0.3, 0.4) is 0 Å². The molecule has 2 heterocycles. The highest BCUT2D eigenvalue weighted by atomic mass is 32.1. The second-order valence-electron chi connectivity index (χ2n) is 3.82. The van der Waals surface area contributed by atoms with Gasteiger partial charge in [0.05, 0.1) is 10.2 Å². The molecule has 16 heavy (non-hydrogen) atoms. The van der Waals surface area contributed by atoms with Crippen molar-refractivity contribution >= 4 is 44.0 Å². The molecule has 0 radical (unpaired) electrons. The van der Waals surface area contributed by atoms with Crippen LogP contribution in [0.4, 0.5) is 5.13 Å². The van der Waals surface area contributed by atoms with Crippen molar-refractivity contribution in [2.75, 3.05) is 25.0 Å². The van der Waals surface area contributed by atoms with Gasteiger partial charge in [-0.15, -0.1) is 0 Å². The van der Waals surface area contributed by atoms with Crippen LogP contribution in [0.1, 0.15) is 0 Å². The van der Waals surface area contributed by atoms with E-state index in [1.165, 1.54) is 4.70 Å². The minimum Gasteiger partial charge on any atom is -0.350 e. The van der Waals surface area contributed by atoms with Gasteiger partial charge in [-0.05, 0) is 24.4 Å². The summed E-state index contributed by atoms with van der Waals surface area (Å²) in [6.45, 7) is 1.92. The lowest BCUT2D eigenvalue weighted by Gasteiger charge is -2.15. The molecule has 82 valence electrons. The van der Waals surface area contributed by atoms with Crippen molar-refractivity contribution in [2.24, 2.45) is 0 Å². The zero-order chi connectivity index (χ0) is 11.1. The van der Waals surface area contributed by atoms with E-state index in [0.29, 0.717) is 0 Å². The van der Waals surface area contributed by atoms with Crippen LogP contribution < -0.4 is 4.90 Å². The molecule has 0 amide bonds. The van der Waals surface area contributed by atoms with Gasteiger partial charge in [0.1, 0.15) is 0 Å². The number of rotatable bonds is 1. The smallest absolute Gasteiger partial charge is 0.192 e. The Bertz CT molecular complexity index is 516. The highest BCUT2D eigenvalue weighted by molar-refractivity contribution is 7.80. The number of hydrogen-bond donors (Lipinski definition) is 0. The van der Waals surface area contributed by atoms with Crippen molar-refractivity contribution in [1.82, 2.24) is 9.88 Å². The van der Waals surface area contributed by atoms with E-state index in [2.05, 4.69) is 20.9 Å². The van der Waals surface area contributed by atoms with Crippen LogP contribution in [-0.2, 0) is 0 Å². The number of thiocarbonyl (C=S) groups is 1. The number of likely N-dealkylation sites (N-methyl/N-ethyl adjacent to an activating group) is 1. The number of para-hydroxylation sites is 1. The van der Waals surface area contributed by atoms with Gasteiger partial charge in [-0.3, -0.25) is 4.90 Å². The summed E-state index contributed by atoms with van der Waals surface area (Å²) in [5.41, 5.74) is 1.06. The summed E-state index contributed by atoms with van der Waals surface area (Å²) in [5, 5.41) is 1.88. The molecule has 0 saturated carbocycles. The second kappa shape index (κ2) is 3.68. The first-order valence-corrected chi connectivity index (χ1v) is 6.36. The molecule has 1 aliphatic heterocycles. The van der Waals surface area contributed by atoms with Gasteiger partial charge < -0.3 is 4.90 Å². The fourth-order valence-corrected chi connectivity index (χ4v) is 3.12. The summed E-state index contributed by atoms with van der Waals surface area (Å²) in [6, 6.07) is 8.19. The Kier molecular flexibility index (Phi) is 2.29. The van der Waals surface area contributed by atoms with E-state index in [9.17, 15) is 0 Å². The number of thiazole rings is 1. The van der Waals surface area contributed by atoms with Gasteiger partial charge in [0.2, 0.25) is 0 Å². The maximum atomic E-state index is 5.37. The molecule has 0 atom stereocenters. The van der Waals surface area contributed by atoms with E-state index >= 15 is 0 Å². The van der Waals surface area contributed by atoms with Crippen molar-refractivity contribution < 1.29 is 0 Å². The average Bonchev–Trinajstić information content (AvgIpc) is 2.84. The Balaban J connectivity index is 2.03. The molecule has 1 aromatic carbocycles. The van der Waals surface area contributed by atoms with Gasteiger partial charge >= 0.3 is 0 Å². The molecule has 0 N–H and O–H groups in total. The largest absolute Gasteiger partial charge is 0.350 e. The van der Waals surface area contributed by atoms with Crippen LogP contribution in [0.5, 0.6) is 0 Å². The molecule has 0 unspecified atom stereocenters. The Labute approximate surface area is 103 Å². The first-order valence-electron chi connectivity index (χ1n) is 5.14. The van der Waals surface area contributed by atoms with Crippen LogP contribution in [0.2, 0.25) is 0 Å². The molecule has 0 aliphatic carbocycles. The van der Waals surface area contributed by atoms with Crippen LogP contribution in [0, 0.1) is 0 Å². The minimum absolute atomic E-state index is 0.874. The number of fused-ring (bicyclic) bond motifs is 1. The standard InChI is InChI=1S/C11H11N3S2/c1-13-6-7-14(11(13)15)10-12-8-4-2-3-5-9(8)16-10/h2-5H,6-7H2,1H3. The van der Waals surface area contributed by atoms with Gasteiger partial charge in [-0.25, -0.2) is 4.98 Å². The first kappa shape index (κ1) is 9.99. The zero-order valence-corrected chi connectivity index (χ0v) is 10.5. The molecule has 2 aromatic rings. The third kappa shape index (κ3) is 1.47. The predicted octanol–water partition coefficient (Wildman–Crippen LogP) is 2.33. The van der Waals surface area contributed by atoms with Gasteiger partial charge in [0.15, 0.2) is 10.2 Å². The van der Waals surface area contributed by atoms with Crippen molar-refractivity contribution in [1.29, 1.82) is 0 Å². The van der Waals surface area contributed by atoms with Crippen molar-refractivity contribution in [3.63, 3.8) is 0 Å². The second-order valence-corrected chi connectivity index (χ2v) is 5.19. The Hall–Kier alpha value is -1.20. The summed E-state index contributed by atoms with van der Waals surface area (Å²) < 4.78 is 1.22. The normalized spacial score (nSPS) is 16.4. The molecule has 1 fully saturated rings. The van der Waals surface area contributed by atoms with E-state index in [-0.39, 0.29) is 0 Å². The Morgan fingerprint density at radius 2 is 2.12 bits per heavy atom. The van der Waals surface area contributed by atoms with Crippen LogP contribution in [-0.4, -0.2) is 35.1 Å². The van der Waals surface area contributed by atoms with E-state index < -0.39 is 0 Å². The van der Waals surface area contributed by atoms with E-state index in [1.54, 1.807) is 11.3 Å². The lowest BCUT2D eigenvalue weighted by atomic mass is 10.3. The minimum atomic E-state index is 0.874. The molecule has 0 spiro atoms. The summed E-state index contributed by atoms with van der Waals surface area (Å²) in [6.07, 6.45) is 0. The predicted molar refractivity (Wildman–Crippen MR) is 72.2 cm³/mol. The highest BCUT2D eigenvalue weighted by Crippen LogP contribution is 2.30. The molecule has 1 aliphatic rings. The first-order chi connectivity index (χ1) is 7.75. The Morgan fingerprint density at radius 1 is 1.31 bits per heavy atom. The van der Waals surface area contributed by atoms with Gasteiger partial charge in [0, 0.05) is 20.1 Å². The number of benzene rings is 1. The van der Waals surface area contributed by atoms with Gasteiger partial charge in [-0.2, -0.15) is 0 Å². The third-order valence-electron chi connectivity index (χ3n) is 2.73. The fourth-order valence-electron chi connectivity index (χ4n) is 1.80. The maximum Gasteiger partial charge on any atom is 0.192 e. The fraction of sp³-hybridized carbons (Fsp3) is 0.273. The summed E-state index contributed by atoms with van der Waals surface area (Å²) >= 11 is 7.07. The van der Waals surface area contributed by atoms with Crippen molar-refractivity contribution in [3.05, 3.63) is 24.3 Å². The molecule has 1 saturated heterocycles. The SMILES string of the molecule is CN1CCN(c2nc3ccccc3s2)C1=S. The maximum absolute atomic E-state index is 5.37.